The van der Waals surface area contributed by atoms with Crippen molar-refractivity contribution in [2.75, 3.05) is 33.4 Å². The van der Waals surface area contributed by atoms with Crippen molar-refractivity contribution in [1.82, 2.24) is 5.32 Å². The number of methoxy groups -OCH3 is 1. The number of hydrogen-bond acceptors (Lipinski definition) is 3. The van der Waals surface area contributed by atoms with Crippen LogP contribution in [0.15, 0.2) is 0 Å². The fourth-order valence-electron chi connectivity index (χ4n) is 1.86. The van der Waals surface area contributed by atoms with Crippen LogP contribution in [0.1, 0.15) is 26.2 Å². The molecule has 0 aromatic rings. The van der Waals surface area contributed by atoms with Gasteiger partial charge in [0.05, 0.1) is 0 Å². The van der Waals surface area contributed by atoms with Crippen LogP contribution in [0.5, 0.6) is 0 Å². The third-order valence-corrected chi connectivity index (χ3v) is 3.04. The Labute approximate surface area is 86.8 Å². The van der Waals surface area contributed by atoms with Gasteiger partial charge in [0.2, 0.25) is 0 Å². The molecule has 0 amide bonds. The molecule has 0 radical (unpaired) electrons. The Kier molecular flexibility index (Phi) is 4.85. The topological polar surface area (TPSA) is 41.5 Å². The van der Waals surface area contributed by atoms with E-state index in [1.807, 2.05) is 0 Å². The molecule has 1 rings (SSSR count). The summed E-state index contributed by atoms with van der Waals surface area (Å²) in [6, 6.07) is 0. The van der Waals surface area contributed by atoms with Crippen LogP contribution < -0.4 is 5.32 Å². The molecule has 0 bridgehead atoms. The predicted octanol–water partition coefficient (Wildman–Crippen LogP) is 1.02. The van der Waals surface area contributed by atoms with Crippen molar-refractivity contribution in [1.29, 1.82) is 0 Å². The zero-order chi connectivity index (χ0) is 10.4. The molecule has 0 aromatic carbocycles. The average Bonchev–Trinajstić information content (AvgIpc) is 2.86. The van der Waals surface area contributed by atoms with Crippen LogP contribution in [0.25, 0.3) is 0 Å². The normalized spacial score (nSPS) is 20.8. The van der Waals surface area contributed by atoms with Crippen molar-refractivity contribution in [3.63, 3.8) is 0 Å². The maximum absolute atomic E-state index is 8.89. The maximum Gasteiger partial charge on any atom is 0.0499 e. The van der Waals surface area contributed by atoms with Gasteiger partial charge < -0.3 is 15.2 Å². The van der Waals surface area contributed by atoms with Crippen molar-refractivity contribution in [3.05, 3.63) is 0 Å². The summed E-state index contributed by atoms with van der Waals surface area (Å²) in [5.41, 5.74) is 0.432. The Bertz CT molecular complexity index is 157. The first kappa shape index (κ1) is 12.0. The highest BCUT2D eigenvalue weighted by Gasteiger charge is 2.41. The Balaban J connectivity index is 2.03. The summed E-state index contributed by atoms with van der Waals surface area (Å²) < 4.78 is 5.07. The highest BCUT2D eigenvalue weighted by atomic mass is 16.5. The van der Waals surface area contributed by atoms with Crippen molar-refractivity contribution < 1.29 is 9.84 Å². The lowest BCUT2D eigenvalue weighted by atomic mass is 10.0. The van der Waals surface area contributed by atoms with Crippen LogP contribution in [-0.2, 0) is 4.74 Å². The van der Waals surface area contributed by atoms with E-state index in [9.17, 15) is 0 Å². The zero-order valence-electron chi connectivity index (χ0n) is 9.38. The molecule has 0 saturated heterocycles. The van der Waals surface area contributed by atoms with E-state index in [2.05, 4.69) is 12.2 Å². The zero-order valence-corrected chi connectivity index (χ0v) is 9.38. The third-order valence-electron chi connectivity index (χ3n) is 3.04. The highest BCUT2D eigenvalue weighted by molar-refractivity contribution is 4.94. The fraction of sp³-hybridized carbons (Fsp3) is 1.00. The van der Waals surface area contributed by atoms with Gasteiger partial charge in [-0.2, -0.15) is 0 Å². The monoisotopic (exact) mass is 201 g/mol. The van der Waals surface area contributed by atoms with Gasteiger partial charge in [0.15, 0.2) is 0 Å². The molecule has 1 aliphatic rings. The second-order valence-corrected chi connectivity index (χ2v) is 4.67. The number of hydrogen-bond donors (Lipinski definition) is 2. The standard InChI is InChI=1S/C11H23NO2/c1-10(8-14-2)7-12-9-11(3-4-11)5-6-13/h10,12-13H,3-9H2,1-2H3. The first-order valence-electron chi connectivity index (χ1n) is 5.53. The molecule has 1 aliphatic carbocycles. The first-order chi connectivity index (χ1) is 6.72. The van der Waals surface area contributed by atoms with Crippen LogP contribution in [0.4, 0.5) is 0 Å². The minimum atomic E-state index is 0.329. The van der Waals surface area contributed by atoms with Gasteiger partial charge >= 0.3 is 0 Å². The molecule has 3 heteroatoms. The molecule has 1 unspecified atom stereocenters. The summed E-state index contributed by atoms with van der Waals surface area (Å²) in [5.74, 6) is 0.574. The van der Waals surface area contributed by atoms with Crippen LogP contribution in [-0.4, -0.2) is 38.5 Å². The van der Waals surface area contributed by atoms with E-state index in [-0.39, 0.29) is 0 Å². The number of aliphatic hydroxyl groups excluding tert-OH is 1. The molecule has 3 nitrogen and oxygen atoms in total. The van der Waals surface area contributed by atoms with Gasteiger partial charge in [-0.3, -0.25) is 0 Å². The summed E-state index contributed by atoms with van der Waals surface area (Å²) in [7, 11) is 1.74. The SMILES string of the molecule is COCC(C)CNCC1(CCO)CC1. The van der Waals surface area contributed by atoms with Gasteiger partial charge in [0.1, 0.15) is 0 Å². The van der Waals surface area contributed by atoms with Crippen LogP contribution in [0.2, 0.25) is 0 Å². The molecule has 84 valence electrons. The van der Waals surface area contributed by atoms with E-state index >= 15 is 0 Å². The van der Waals surface area contributed by atoms with Crippen LogP contribution in [0.3, 0.4) is 0 Å². The molecule has 1 fully saturated rings. The first-order valence-corrected chi connectivity index (χ1v) is 5.53. The highest BCUT2D eigenvalue weighted by Crippen LogP contribution is 2.47. The lowest BCUT2D eigenvalue weighted by Gasteiger charge is -2.17. The molecule has 14 heavy (non-hydrogen) atoms. The van der Waals surface area contributed by atoms with E-state index in [1.165, 1.54) is 12.8 Å². The van der Waals surface area contributed by atoms with E-state index in [0.717, 1.165) is 26.1 Å². The van der Waals surface area contributed by atoms with Gasteiger partial charge in [-0.1, -0.05) is 6.92 Å². The number of nitrogens with one attached hydrogen (secondary N) is 1. The largest absolute Gasteiger partial charge is 0.396 e. The number of rotatable bonds is 8. The lowest BCUT2D eigenvalue weighted by molar-refractivity contribution is 0.157. The second kappa shape index (κ2) is 5.69. The summed E-state index contributed by atoms with van der Waals surface area (Å²) in [6.07, 6.45) is 3.51. The average molecular weight is 201 g/mol. The van der Waals surface area contributed by atoms with Crippen LogP contribution >= 0.6 is 0 Å². The molecular weight excluding hydrogens is 178 g/mol. The molecule has 0 spiro atoms. The van der Waals surface area contributed by atoms with Crippen molar-refractivity contribution in [2.24, 2.45) is 11.3 Å². The van der Waals surface area contributed by atoms with Gasteiger partial charge in [0.25, 0.3) is 0 Å². The van der Waals surface area contributed by atoms with E-state index in [1.54, 1.807) is 7.11 Å². The van der Waals surface area contributed by atoms with Crippen LogP contribution in [0, 0.1) is 11.3 Å². The summed E-state index contributed by atoms with van der Waals surface area (Å²) in [5, 5.41) is 12.4. The van der Waals surface area contributed by atoms with Crippen molar-refractivity contribution in [2.45, 2.75) is 26.2 Å². The van der Waals surface area contributed by atoms with E-state index in [4.69, 9.17) is 9.84 Å². The van der Waals surface area contributed by atoms with E-state index in [0.29, 0.717) is 17.9 Å². The molecule has 2 N–H and O–H groups in total. The van der Waals surface area contributed by atoms with Crippen molar-refractivity contribution >= 4 is 0 Å². The third kappa shape index (κ3) is 3.95. The van der Waals surface area contributed by atoms with Gasteiger partial charge in [-0.25, -0.2) is 0 Å². The van der Waals surface area contributed by atoms with E-state index < -0.39 is 0 Å². The lowest BCUT2D eigenvalue weighted by Crippen LogP contribution is -2.30. The molecule has 0 aromatic heterocycles. The quantitative estimate of drug-likeness (QED) is 0.616. The molecule has 0 heterocycles. The Morgan fingerprint density at radius 2 is 2.21 bits per heavy atom. The van der Waals surface area contributed by atoms with Crippen molar-refractivity contribution in [3.8, 4) is 0 Å². The Morgan fingerprint density at radius 3 is 2.71 bits per heavy atom. The Hall–Kier alpha value is -0.120. The van der Waals surface area contributed by atoms with Gasteiger partial charge in [-0.15, -0.1) is 0 Å². The minimum absolute atomic E-state index is 0.329. The minimum Gasteiger partial charge on any atom is -0.396 e. The number of ether oxygens (including phenoxy) is 1. The van der Waals surface area contributed by atoms with Gasteiger partial charge in [0, 0.05) is 26.9 Å². The molecule has 1 atom stereocenters. The molecule has 0 aliphatic heterocycles. The maximum atomic E-state index is 8.89. The summed E-state index contributed by atoms with van der Waals surface area (Å²) >= 11 is 0. The predicted molar refractivity (Wildman–Crippen MR) is 57.3 cm³/mol. The summed E-state index contributed by atoms with van der Waals surface area (Å²) in [4.78, 5) is 0. The summed E-state index contributed by atoms with van der Waals surface area (Å²) in [6.45, 7) is 5.40. The molecule has 1 saturated carbocycles. The number of aliphatic hydroxyl groups is 1. The second-order valence-electron chi connectivity index (χ2n) is 4.67. The van der Waals surface area contributed by atoms with Gasteiger partial charge in [-0.05, 0) is 37.1 Å². The Morgan fingerprint density at radius 1 is 1.50 bits per heavy atom. The fourth-order valence-corrected chi connectivity index (χ4v) is 1.86. The molecular formula is C11H23NO2. The smallest absolute Gasteiger partial charge is 0.0499 e.